The van der Waals surface area contributed by atoms with Gasteiger partial charge in [-0.3, -0.25) is 9.59 Å². The molecular formula is C13H18N2O3. The number of hydrogen-bond donors (Lipinski definition) is 3. The van der Waals surface area contributed by atoms with Gasteiger partial charge < -0.3 is 15.7 Å². The molecule has 0 aliphatic heterocycles. The Morgan fingerprint density at radius 2 is 1.72 bits per heavy atom. The lowest BCUT2D eigenvalue weighted by Crippen LogP contribution is -2.35. The summed E-state index contributed by atoms with van der Waals surface area (Å²) in [6.07, 6.45) is 2.30. The summed E-state index contributed by atoms with van der Waals surface area (Å²) in [7, 11) is 0. The van der Waals surface area contributed by atoms with Crippen LogP contribution >= 0.6 is 0 Å². The molecule has 0 aliphatic rings. The van der Waals surface area contributed by atoms with Crippen LogP contribution in [0.15, 0.2) is 30.3 Å². The van der Waals surface area contributed by atoms with Crippen LogP contribution in [0.25, 0.3) is 0 Å². The second kappa shape index (κ2) is 8.25. The van der Waals surface area contributed by atoms with Crippen LogP contribution < -0.4 is 10.6 Å². The quantitative estimate of drug-likeness (QED) is 0.518. The number of rotatable bonds is 6. The van der Waals surface area contributed by atoms with Gasteiger partial charge in [-0.25, -0.2) is 0 Å². The maximum absolute atomic E-state index is 11.5. The predicted molar refractivity (Wildman–Crippen MR) is 69.0 cm³/mol. The monoisotopic (exact) mass is 250 g/mol. The molecule has 0 saturated carbocycles. The van der Waals surface area contributed by atoms with Gasteiger partial charge in [0.1, 0.15) is 0 Å². The Bertz CT molecular complexity index is 379. The minimum absolute atomic E-state index is 0.155. The lowest BCUT2D eigenvalue weighted by Gasteiger charge is -2.06. The van der Waals surface area contributed by atoms with E-state index in [4.69, 9.17) is 5.11 Å². The number of nitrogens with one attached hydrogen (secondary N) is 2. The van der Waals surface area contributed by atoms with E-state index in [-0.39, 0.29) is 6.61 Å². The third kappa shape index (κ3) is 5.45. The van der Waals surface area contributed by atoms with Crippen molar-refractivity contribution in [2.45, 2.75) is 19.3 Å². The zero-order chi connectivity index (χ0) is 13.2. The number of aliphatic hydroxyl groups is 1. The standard InChI is InChI=1S/C13H18N2O3/c16-10-6-2-5-9-14-12(17)13(18)15-11-7-3-1-4-8-11/h1,3-4,7-8,16H,2,5-6,9-10H2,(H,14,17)(H,15,18). The van der Waals surface area contributed by atoms with E-state index in [1.807, 2.05) is 6.07 Å². The molecule has 0 atom stereocenters. The molecule has 3 N–H and O–H groups in total. The maximum Gasteiger partial charge on any atom is 0.313 e. The summed E-state index contributed by atoms with van der Waals surface area (Å²) in [4.78, 5) is 22.9. The molecule has 0 aliphatic carbocycles. The summed E-state index contributed by atoms with van der Waals surface area (Å²) in [5.41, 5.74) is 0.595. The molecule has 5 nitrogen and oxygen atoms in total. The average molecular weight is 250 g/mol. The van der Waals surface area contributed by atoms with Gasteiger partial charge in [0.25, 0.3) is 0 Å². The Labute approximate surface area is 106 Å². The molecule has 5 heteroatoms. The van der Waals surface area contributed by atoms with Gasteiger partial charge in [-0.1, -0.05) is 18.2 Å². The van der Waals surface area contributed by atoms with E-state index in [1.165, 1.54) is 0 Å². The maximum atomic E-state index is 11.5. The third-order valence-corrected chi connectivity index (χ3v) is 2.36. The van der Waals surface area contributed by atoms with Gasteiger partial charge in [-0.2, -0.15) is 0 Å². The van der Waals surface area contributed by atoms with Gasteiger partial charge in [-0.05, 0) is 31.4 Å². The van der Waals surface area contributed by atoms with E-state index < -0.39 is 11.8 Å². The minimum atomic E-state index is -0.664. The Morgan fingerprint density at radius 1 is 1.00 bits per heavy atom. The highest BCUT2D eigenvalue weighted by molar-refractivity contribution is 6.39. The normalized spacial score (nSPS) is 9.83. The number of hydrogen-bond acceptors (Lipinski definition) is 3. The Morgan fingerprint density at radius 3 is 2.39 bits per heavy atom. The first-order valence-electron chi connectivity index (χ1n) is 5.99. The molecule has 0 aromatic heterocycles. The zero-order valence-electron chi connectivity index (χ0n) is 10.2. The van der Waals surface area contributed by atoms with E-state index in [1.54, 1.807) is 24.3 Å². The molecule has 0 saturated heterocycles. The number of unbranched alkanes of at least 4 members (excludes halogenated alkanes) is 2. The zero-order valence-corrected chi connectivity index (χ0v) is 10.2. The van der Waals surface area contributed by atoms with Crippen molar-refractivity contribution in [3.05, 3.63) is 30.3 Å². The first-order valence-corrected chi connectivity index (χ1v) is 5.99. The summed E-state index contributed by atoms with van der Waals surface area (Å²) in [5.74, 6) is -1.30. The lowest BCUT2D eigenvalue weighted by atomic mass is 10.2. The van der Waals surface area contributed by atoms with E-state index in [0.29, 0.717) is 18.7 Å². The van der Waals surface area contributed by atoms with Crippen LogP contribution in [0.3, 0.4) is 0 Å². The molecule has 0 spiro atoms. The highest BCUT2D eigenvalue weighted by atomic mass is 16.3. The average Bonchev–Trinajstić information content (AvgIpc) is 2.39. The van der Waals surface area contributed by atoms with Crippen LogP contribution in [0.2, 0.25) is 0 Å². The molecular weight excluding hydrogens is 232 g/mol. The summed E-state index contributed by atoms with van der Waals surface area (Å²) >= 11 is 0. The first kappa shape index (κ1) is 14.2. The lowest BCUT2D eigenvalue weighted by molar-refractivity contribution is -0.136. The smallest absolute Gasteiger partial charge is 0.313 e. The molecule has 1 aromatic carbocycles. The van der Waals surface area contributed by atoms with E-state index >= 15 is 0 Å². The second-order valence-electron chi connectivity index (χ2n) is 3.86. The van der Waals surface area contributed by atoms with Crippen molar-refractivity contribution in [2.24, 2.45) is 0 Å². The number of carbonyl (C=O) groups excluding carboxylic acids is 2. The molecule has 0 bridgehead atoms. The molecule has 2 amide bonds. The Kier molecular flexibility index (Phi) is 6.50. The highest BCUT2D eigenvalue weighted by Crippen LogP contribution is 2.04. The van der Waals surface area contributed by atoms with Gasteiger partial charge in [0.05, 0.1) is 0 Å². The van der Waals surface area contributed by atoms with Crippen LogP contribution in [0, 0.1) is 0 Å². The van der Waals surface area contributed by atoms with Gasteiger partial charge >= 0.3 is 11.8 Å². The van der Waals surface area contributed by atoms with Gasteiger partial charge in [0.2, 0.25) is 0 Å². The number of para-hydroxylation sites is 1. The largest absolute Gasteiger partial charge is 0.396 e. The van der Waals surface area contributed by atoms with E-state index in [2.05, 4.69) is 10.6 Å². The summed E-state index contributed by atoms with van der Waals surface area (Å²) in [6.45, 7) is 0.601. The topological polar surface area (TPSA) is 78.4 Å². The predicted octanol–water partition coefficient (Wildman–Crippen LogP) is 0.904. The van der Waals surface area contributed by atoms with Crippen molar-refractivity contribution in [1.29, 1.82) is 0 Å². The second-order valence-corrected chi connectivity index (χ2v) is 3.86. The number of benzene rings is 1. The van der Waals surface area contributed by atoms with Crippen molar-refractivity contribution >= 4 is 17.5 Å². The molecule has 0 heterocycles. The summed E-state index contributed by atoms with van der Waals surface area (Å²) in [5, 5.41) is 13.6. The van der Waals surface area contributed by atoms with Crippen LogP contribution in [0.4, 0.5) is 5.69 Å². The van der Waals surface area contributed by atoms with Crippen LogP contribution in [0.1, 0.15) is 19.3 Å². The van der Waals surface area contributed by atoms with Crippen molar-refractivity contribution in [3.63, 3.8) is 0 Å². The van der Waals surface area contributed by atoms with Crippen molar-refractivity contribution < 1.29 is 14.7 Å². The fourth-order valence-corrected chi connectivity index (χ4v) is 1.41. The first-order chi connectivity index (χ1) is 8.74. The molecule has 1 aromatic rings. The molecule has 18 heavy (non-hydrogen) atoms. The summed E-state index contributed by atoms with van der Waals surface area (Å²) < 4.78 is 0. The van der Waals surface area contributed by atoms with E-state index in [9.17, 15) is 9.59 Å². The van der Waals surface area contributed by atoms with Crippen molar-refractivity contribution in [2.75, 3.05) is 18.5 Å². The molecule has 1 rings (SSSR count). The van der Waals surface area contributed by atoms with Crippen LogP contribution in [-0.2, 0) is 9.59 Å². The molecule has 98 valence electrons. The number of aliphatic hydroxyl groups excluding tert-OH is 1. The third-order valence-electron chi connectivity index (χ3n) is 2.36. The number of amides is 2. The van der Waals surface area contributed by atoms with E-state index in [0.717, 1.165) is 12.8 Å². The minimum Gasteiger partial charge on any atom is -0.396 e. The molecule has 0 fully saturated rings. The van der Waals surface area contributed by atoms with Crippen molar-refractivity contribution in [1.82, 2.24) is 5.32 Å². The number of anilines is 1. The van der Waals surface area contributed by atoms with Crippen LogP contribution in [0.5, 0.6) is 0 Å². The fraction of sp³-hybridized carbons (Fsp3) is 0.385. The van der Waals surface area contributed by atoms with Gasteiger partial charge in [-0.15, -0.1) is 0 Å². The number of carbonyl (C=O) groups is 2. The SMILES string of the molecule is O=C(NCCCCCO)C(=O)Nc1ccccc1. The van der Waals surface area contributed by atoms with Gasteiger partial charge in [0.15, 0.2) is 0 Å². The molecule has 0 unspecified atom stereocenters. The van der Waals surface area contributed by atoms with Crippen LogP contribution in [-0.4, -0.2) is 30.1 Å². The Balaban J connectivity index is 2.23. The Hall–Kier alpha value is -1.88. The van der Waals surface area contributed by atoms with Gasteiger partial charge in [0, 0.05) is 18.8 Å². The summed E-state index contributed by atoms with van der Waals surface area (Å²) in [6, 6.07) is 8.82. The highest BCUT2D eigenvalue weighted by Gasteiger charge is 2.12. The van der Waals surface area contributed by atoms with Crippen molar-refractivity contribution in [3.8, 4) is 0 Å². The molecule has 0 radical (unpaired) electrons. The fourth-order valence-electron chi connectivity index (χ4n) is 1.41.